The molecule has 2 radical (unpaired) electrons. The van der Waals surface area contributed by atoms with E-state index in [-0.39, 0.29) is 0 Å². The number of benzene rings is 1. The van der Waals surface area contributed by atoms with Crippen molar-refractivity contribution in [3.63, 3.8) is 0 Å². The van der Waals surface area contributed by atoms with Crippen LogP contribution in [0.1, 0.15) is 5.56 Å². The van der Waals surface area contributed by atoms with Gasteiger partial charge in [0, 0.05) is 0 Å². The quantitative estimate of drug-likeness (QED) is 0.467. The first-order valence-electron chi connectivity index (χ1n) is 3.74. The number of allylic oxidation sites excluding steroid dienone is 1. The number of rotatable bonds is 3. The molecule has 0 fully saturated rings. The van der Waals surface area contributed by atoms with Crippen molar-refractivity contribution in [2.75, 3.05) is 0 Å². The minimum absolute atomic E-state index is 0.897. The monoisotopic (exact) mass is 160 g/mol. The summed E-state index contributed by atoms with van der Waals surface area (Å²) in [5, 5.41) is 1.43. The highest BCUT2D eigenvalue weighted by Crippen LogP contribution is 1.97. The topological polar surface area (TPSA) is 0 Å². The molecule has 0 aliphatic carbocycles. The molecule has 0 aliphatic rings. The SMILES string of the molecule is C=CCc1cccc([Si]C)c1. The van der Waals surface area contributed by atoms with Crippen molar-refractivity contribution in [1.29, 1.82) is 0 Å². The predicted molar refractivity (Wildman–Crippen MR) is 51.6 cm³/mol. The van der Waals surface area contributed by atoms with Gasteiger partial charge in [0.05, 0.1) is 9.52 Å². The average Bonchev–Trinajstić information content (AvgIpc) is 2.06. The summed E-state index contributed by atoms with van der Waals surface area (Å²) in [6, 6.07) is 8.68. The van der Waals surface area contributed by atoms with Crippen LogP contribution >= 0.6 is 0 Å². The van der Waals surface area contributed by atoms with E-state index in [2.05, 4.69) is 37.4 Å². The molecule has 0 atom stereocenters. The maximum absolute atomic E-state index is 3.71. The lowest BCUT2D eigenvalue weighted by atomic mass is 10.1. The summed E-state index contributed by atoms with van der Waals surface area (Å²) in [7, 11) is 0.897. The highest BCUT2D eigenvalue weighted by Gasteiger charge is 1.91. The standard InChI is InChI=1S/C10H12Si/c1-3-5-9-6-4-7-10(8-9)11-2/h3-4,6-8H,1,5H2,2H3. The molecule has 0 amide bonds. The highest BCUT2D eigenvalue weighted by molar-refractivity contribution is 6.51. The molecule has 0 aliphatic heterocycles. The molecule has 1 rings (SSSR count). The maximum atomic E-state index is 3.71. The third-order valence-corrected chi connectivity index (χ3v) is 2.48. The van der Waals surface area contributed by atoms with Crippen LogP contribution in [0.3, 0.4) is 0 Å². The zero-order valence-electron chi connectivity index (χ0n) is 6.80. The first-order chi connectivity index (χ1) is 5.36. The largest absolute Gasteiger partial charge is 0.103 e. The lowest BCUT2D eigenvalue weighted by molar-refractivity contribution is 1.28. The van der Waals surface area contributed by atoms with Gasteiger partial charge in [-0.05, 0) is 12.0 Å². The Balaban J connectivity index is 2.82. The van der Waals surface area contributed by atoms with Gasteiger partial charge in [0.25, 0.3) is 0 Å². The van der Waals surface area contributed by atoms with E-state index in [9.17, 15) is 0 Å². The smallest absolute Gasteiger partial charge is 0.0773 e. The predicted octanol–water partition coefficient (Wildman–Crippen LogP) is 1.79. The summed E-state index contributed by atoms with van der Waals surface area (Å²) in [5.41, 5.74) is 1.37. The first kappa shape index (κ1) is 8.28. The molecular formula is C10H12Si. The molecule has 0 saturated carbocycles. The van der Waals surface area contributed by atoms with Gasteiger partial charge in [0.1, 0.15) is 0 Å². The molecule has 1 heteroatoms. The van der Waals surface area contributed by atoms with Crippen molar-refractivity contribution >= 4 is 14.7 Å². The second-order valence-electron chi connectivity index (χ2n) is 2.44. The molecule has 56 valence electrons. The van der Waals surface area contributed by atoms with Crippen LogP contribution in [0, 0.1) is 0 Å². The molecule has 0 N–H and O–H groups in total. The molecule has 11 heavy (non-hydrogen) atoms. The van der Waals surface area contributed by atoms with Crippen LogP contribution in [0.25, 0.3) is 0 Å². The van der Waals surface area contributed by atoms with Crippen molar-refractivity contribution in [3.8, 4) is 0 Å². The second kappa shape index (κ2) is 4.14. The van der Waals surface area contributed by atoms with Gasteiger partial charge in [-0.2, -0.15) is 0 Å². The van der Waals surface area contributed by atoms with Crippen molar-refractivity contribution in [2.45, 2.75) is 13.0 Å². The van der Waals surface area contributed by atoms with Gasteiger partial charge in [-0.15, -0.1) is 6.58 Å². The summed E-state index contributed by atoms with van der Waals surface area (Å²) in [6.45, 7) is 5.92. The normalized spacial score (nSPS) is 9.55. The fourth-order valence-corrected chi connectivity index (χ4v) is 1.61. The Morgan fingerprint density at radius 2 is 2.36 bits per heavy atom. The Bertz CT molecular complexity index is 240. The van der Waals surface area contributed by atoms with Crippen LogP contribution in [-0.2, 0) is 6.42 Å². The fraction of sp³-hybridized carbons (Fsp3) is 0.200. The summed E-state index contributed by atoms with van der Waals surface area (Å²) in [4.78, 5) is 0. The van der Waals surface area contributed by atoms with Gasteiger partial charge in [0.2, 0.25) is 0 Å². The fourth-order valence-electron chi connectivity index (χ4n) is 1.02. The molecule has 0 saturated heterocycles. The van der Waals surface area contributed by atoms with Crippen molar-refractivity contribution in [3.05, 3.63) is 42.5 Å². The van der Waals surface area contributed by atoms with Crippen LogP contribution in [0.15, 0.2) is 36.9 Å². The summed E-state index contributed by atoms with van der Waals surface area (Å²) < 4.78 is 0. The second-order valence-corrected chi connectivity index (χ2v) is 3.52. The molecule has 0 aromatic heterocycles. The highest BCUT2D eigenvalue weighted by atomic mass is 28.2. The zero-order valence-corrected chi connectivity index (χ0v) is 7.80. The third kappa shape index (κ3) is 2.35. The van der Waals surface area contributed by atoms with E-state index in [1.54, 1.807) is 0 Å². The molecule has 1 aromatic rings. The molecule has 1 aromatic carbocycles. The molecule has 0 bridgehead atoms. The van der Waals surface area contributed by atoms with Gasteiger partial charge in [0.15, 0.2) is 0 Å². The van der Waals surface area contributed by atoms with E-state index in [4.69, 9.17) is 0 Å². The Morgan fingerprint density at radius 1 is 1.55 bits per heavy atom. The summed E-state index contributed by atoms with van der Waals surface area (Å²) >= 11 is 0. The minimum Gasteiger partial charge on any atom is -0.103 e. The van der Waals surface area contributed by atoms with Gasteiger partial charge in [-0.3, -0.25) is 0 Å². The Kier molecular flexibility index (Phi) is 3.11. The van der Waals surface area contributed by atoms with Crippen molar-refractivity contribution < 1.29 is 0 Å². The molecule has 0 nitrogen and oxygen atoms in total. The molecule has 0 spiro atoms. The lowest BCUT2D eigenvalue weighted by Crippen LogP contribution is -2.10. The van der Waals surface area contributed by atoms with Crippen LogP contribution < -0.4 is 5.19 Å². The lowest BCUT2D eigenvalue weighted by Gasteiger charge is -1.98. The van der Waals surface area contributed by atoms with Crippen molar-refractivity contribution in [1.82, 2.24) is 0 Å². The number of hydrogen-bond donors (Lipinski definition) is 0. The third-order valence-electron chi connectivity index (χ3n) is 1.60. The summed E-state index contributed by atoms with van der Waals surface area (Å²) in [6.07, 6.45) is 2.93. The molecule has 0 heterocycles. The zero-order chi connectivity index (χ0) is 8.10. The number of hydrogen-bond acceptors (Lipinski definition) is 0. The van der Waals surface area contributed by atoms with Crippen LogP contribution in [-0.4, -0.2) is 9.52 Å². The van der Waals surface area contributed by atoms with Gasteiger partial charge in [-0.25, -0.2) is 0 Å². The first-order valence-corrected chi connectivity index (χ1v) is 5.24. The van der Waals surface area contributed by atoms with Crippen LogP contribution in [0.2, 0.25) is 6.55 Å². The minimum atomic E-state index is 0.897. The van der Waals surface area contributed by atoms with Gasteiger partial charge < -0.3 is 0 Å². The van der Waals surface area contributed by atoms with E-state index in [1.807, 2.05) is 6.08 Å². The van der Waals surface area contributed by atoms with E-state index >= 15 is 0 Å². The Hall–Kier alpha value is -0.823. The van der Waals surface area contributed by atoms with E-state index in [0.29, 0.717) is 0 Å². The summed E-state index contributed by atoms with van der Waals surface area (Å²) in [5.74, 6) is 0. The molecule has 0 unspecified atom stereocenters. The van der Waals surface area contributed by atoms with E-state index in [1.165, 1.54) is 10.8 Å². The Labute approximate surface area is 70.8 Å². The maximum Gasteiger partial charge on any atom is 0.0773 e. The van der Waals surface area contributed by atoms with Crippen molar-refractivity contribution in [2.24, 2.45) is 0 Å². The molecular weight excluding hydrogens is 148 g/mol. The Morgan fingerprint density at radius 3 is 3.00 bits per heavy atom. The van der Waals surface area contributed by atoms with Crippen LogP contribution in [0.4, 0.5) is 0 Å². The van der Waals surface area contributed by atoms with Gasteiger partial charge in [-0.1, -0.05) is 42.1 Å². The van der Waals surface area contributed by atoms with Crippen LogP contribution in [0.5, 0.6) is 0 Å². The average molecular weight is 160 g/mol. The van der Waals surface area contributed by atoms with Gasteiger partial charge >= 0.3 is 0 Å². The van der Waals surface area contributed by atoms with E-state index < -0.39 is 0 Å². The van der Waals surface area contributed by atoms with E-state index in [0.717, 1.165) is 15.9 Å².